The molecule has 64 valence electrons. The first-order valence-corrected chi connectivity index (χ1v) is 4.12. The Balaban J connectivity index is 2.79. The number of aromatic nitrogens is 1. The summed E-state index contributed by atoms with van der Waals surface area (Å²) in [6.07, 6.45) is 2.41. The molecule has 0 N–H and O–H groups in total. The SMILES string of the molecule is Cc1cccc2cc(C=O)cnc12. The van der Waals surface area contributed by atoms with Crippen molar-refractivity contribution in [2.24, 2.45) is 0 Å². The van der Waals surface area contributed by atoms with E-state index < -0.39 is 0 Å². The molecule has 0 amide bonds. The minimum absolute atomic E-state index is 0.623. The molecule has 0 radical (unpaired) electrons. The molecule has 0 aliphatic rings. The molecule has 0 saturated carbocycles. The van der Waals surface area contributed by atoms with Crippen molar-refractivity contribution < 1.29 is 4.79 Å². The smallest absolute Gasteiger partial charge is 0.151 e. The van der Waals surface area contributed by atoms with E-state index in [1.807, 2.05) is 31.2 Å². The maximum atomic E-state index is 10.5. The quantitative estimate of drug-likeness (QED) is 0.616. The molecule has 0 atom stereocenters. The highest BCUT2D eigenvalue weighted by Gasteiger charge is 1.98. The summed E-state index contributed by atoms with van der Waals surface area (Å²) in [7, 11) is 0. The first kappa shape index (κ1) is 7.92. The van der Waals surface area contributed by atoms with Crippen molar-refractivity contribution in [1.29, 1.82) is 0 Å². The molecule has 0 saturated heterocycles. The van der Waals surface area contributed by atoms with Gasteiger partial charge >= 0.3 is 0 Å². The number of para-hydroxylation sites is 1. The Kier molecular flexibility index (Phi) is 1.81. The van der Waals surface area contributed by atoms with Crippen molar-refractivity contribution in [1.82, 2.24) is 4.98 Å². The van der Waals surface area contributed by atoms with E-state index in [4.69, 9.17) is 0 Å². The van der Waals surface area contributed by atoms with Crippen LogP contribution in [0.1, 0.15) is 15.9 Å². The van der Waals surface area contributed by atoms with E-state index in [-0.39, 0.29) is 0 Å². The lowest BCUT2D eigenvalue weighted by atomic mass is 10.1. The Morgan fingerprint density at radius 3 is 3.00 bits per heavy atom. The number of hydrogen-bond donors (Lipinski definition) is 0. The summed E-state index contributed by atoms with van der Waals surface area (Å²) < 4.78 is 0. The number of aryl methyl sites for hydroxylation is 1. The molecular formula is C11H9NO. The highest BCUT2D eigenvalue weighted by Crippen LogP contribution is 2.15. The average Bonchev–Trinajstić information content (AvgIpc) is 2.18. The molecule has 0 spiro atoms. The lowest BCUT2D eigenvalue weighted by Crippen LogP contribution is -1.86. The summed E-state index contributed by atoms with van der Waals surface area (Å²) in [4.78, 5) is 14.7. The topological polar surface area (TPSA) is 30.0 Å². The van der Waals surface area contributed by atoms with Crippen molar-refractivity contribution in [3.63, 3.8) is 0 Å². The Bertz CT molecular complexity index is 463. The predicted molar refractivity (Wildman–Crippen MR) is 51.9 cm³/mol. The molecule has 2 aromatic rings. The summed E-state index contributed by atoms with van der Waals surface area (Å²) in [5.74, 6) is 0. The number of carbonyl (C=O) groups is 1. The first-order valence-electron chi connectivity index (χ1n) is 4.12. The van der Waals surface area contributed by atoms with Crippen LogP contribution in [0.25, 0.3) is 10.9 Å². The minimum atomic E-state index is 0.623. The fraction of sp³-hybridized carbons (Fsp3) is 0.0909. The average molecular weight is 171 g/mol. The van der Waals surface area contributed by atoms with Crippen LogP contribution in [0, 0.1) is 6.92 Å². The predicted octanol–water partition coefficient (Wildman–Crippen LogP) is 2.36. The van der Waals surface area contributed by atoms with Gasteiger partial charge in [0.15, 0.2) is 6.29 Å². The van der Waals surface area contributed by atoms with E-state index >= 15 is 0 Å². The number of carbonyl (C=O) groups excluding carboxylic acids is 1. The Morgan fingerprint density at radius 2 is 2.23 bits per heavy atom. The van der Waals surface area contributed by atoms with Crippen LogP contribution in [-0.2, 0) is 0 Å². The zero-order valence-electron chi connectivity index (χ0n) is 7.32. The van der Waals surface area contributed by atoms with Gasteiger partial charge < -0.3 is 0 Å². The van der Waals surface area contributed by atoms with Gasteiger partial charge in [-0.2, -0.15) is 0 Å². The van der Waals surface area contributed by atoms with Gasteiger partial charge in [0.05, 0.1) is 5.52 Å². The third kappa shape index (κ3) is 1.31. The maximum absolute atomic E-state index is 10.5. The van der Waals surface area contributed by atoms with E-state index in [2.05, 4.69) is 4.98 Å². The van der Waals surface area contributed by atoms with Crippen LogP contribution in [0.3, 0.4) is 0 Å². The van der Waals surface area contributed by atoms with Crippen molar-refractivity contribution in [2.45, 2.75) is 6.92 Å². The molecule has 0 bridgehead atoms. The zero-order chi connectivity index (χ0) is 9.26. The summed E-state index contributed by atoms with van der Waals surface area (Å²) in [5.41, 5.74) is 2.72. The van der Waals surface area contributed by atoms with Crippen molar-refractivity contribution in [3.05, 3.63) is 41.6 Å². The number of hydrogen-bond acceptors (Lipinski definition) is 2. The molecule has 2 nitrogen and oxygen atoms in total. The van der Waals surface area contributed by atoms with Gasteiger partial charge in [-0.1, -0.05) is 18.2 Å². The fourth-order valence-corrected chi connectivity index (χ4v) is 1.39. The Labute approximate surface area is 76.2 Å². The molecule has 13 heavy (non-hydrogen) atoms. The fourth-order valence-electron chi connectivity index (χ4n) is 1.39. The Morgan fingerprint density at radius 1 is 1.38 bits per heavy atom. The van der Waals surface area contributed by atoms with Crippen LogP contribution in [0.5, 0.6) is 0 Å². The van der Waals surface area contributed by atoms with Crippen LogP contribution in [-0.4, -0.2) is 11.3 Å². The second kappa shape index (κ2) is 2.98. The monoisotopic (exact) mass is 171 g/mol. The van der Waals surface area contributed by atoms with Crippen LogP contribution >= 0.6 is 0 Å². The normalized spacial score (nSPS) is 10.2. The van der Waals surface area contributed by atoms with Gasteiger partial charge in [0, 0.05) is 17.1 Å². The third-order valence-corrected chi connectivity index (χ3v) is 2.07. The molecule has 0 aliphatic carbocycles. The number of benzene rings is 1. The number of pyridine rings is 1. The molecule has 2 rings (SSSR count). The van der Waals surface area contributed by atoms with Crippen molar-refractivity contribution in [2.75, 3.05) is 0 Å². The zero-order valence-corrected chi connectivity index (χ0v) is 7.32. The van der Waals surface area contributed by atoms with E-state index in [9.17, 15) is 4.79 Å². The lowest BCUT2D eigenvalue weighted by molar-refractivity contribution is 0.112. The second-order valence-corrected chi connectivity index (χ2v) is 3.03. The van der Waals surface area contributed by atoms with Crippen molar-refractivity contribution >= 4 is 17.2 Å². The third-order valence-electron chi connectivity index (χ3n) is 2.07. The number of nitrogens with zero attached hydrogens (tertiary/aromatic N) is 1. The van der Waals surface area contributed by atoms with Gasteiger partial charge in [-0.3, -0.25) is 9.78 Å². The van der Waals surface area contributed by atoms with Crippen LogP contribution < -0.4 is 0 Å². The number of rotatable bonds is 1. The molecule has 1 aromatic carbocycles. The van der Waals surface area contributed by atoms with Gasteiger partial charge in [-0.25, -0.2) is 0 Å². The molecule has 0 fully saturated rings. The molecule has 1 heterocycles. The lowest BCUT2D eigenvalue weighted by Gasteiger charge is -2.00. The van der Waals surface area contributed by atoms with Crippen LogP contribution in [0.15, 0.2) is 30.5 Å². The summed E-state index contributed by atoms with van der Waals surface area (Å²) in [6.45, 7) is 2.01. The van der Waals surface area contributed by atoms with Gasteiger partial charge in [-0.05, 0) is 18.6 Å². The largest absolute Gasteiger partial charge is 0.298 e. The van der Waals surface area contributed by atoms with Gasteiger partial charge in [0.25, 0.3) is 0 Å². The van der Waals surface area contributed by atoms with Crippen LogP contribution in [0.2, 0.25) is 0 Å². The number of fused-ring (bicyclic) bond motifs is 1. The van der Waals surface area contributed by atoms with E-state index in [0.717, 1.165) is 22.8 Å². The second-order valence-electron chi connectivity index (χ2n) is 3.03. The standard InChI is InChI=1S/C11H9NO/c1-8-3-2-4-10-5-9(7-13)6-12-11(8)10/h2-7H,1H3. The van der Waals surface area contributed by atoms with Gasteiger partial charge in [-0.15, -0.1) is 0 Å². The molecule has 2 heteroatoms. The highest BCUT2D eigenvalue weighted by atomic mass is 16.1. The minimum Gasteiger partial charge on any atom is -0.298 e. The molecule has 0 unspecified atom stereocenters. The van der Waals surface area contributed by atoms with Gasteiger partial charge in [0.1, 0.15) is 0 Å². The van der Waals surface area contributed by atoms with E-state index in [1.54, 1.807) is 6.20 Å². The number of aldehydes is 1. The molecular weight excluding hydrogens is 162 g/mol. The maximum Gasteiger partial charge on any atom is 0.151 e. The van der Waals surface area contributed by atoms with E-state index in [1.165, 1.54) is 0 Å². The summed E-state index contributed by atoms with van der Waals surface area (Å²) in [6, 6.07) is 7.79. The Hall–Kier alpha value is -1.70. The first-order chi connectivity index (χ1) is 6.31. The van der Waals surface area contributed by atoms with Crippen LogP contribution in [0.4, 0.5) is 0 Å². The van der Waals surface area contributed by atoms with E-state index in [0.29, 0.717) is 5.56 Å². The molecule has 1 aromatic heterocycles. The van der Waals surface area contributed by atoms with Crippen molar-refractivity contribution in [3.8, 4) is 0 Å². The summed E-state index contributed by atoms with van der Waals surface area (Å²) >= 11 is 0. The summed E-state index contributed by atoms with van der Waals surface area (Å²) in [5, 5.41) is 1.02. The van der Waals surface area contributed by atoms with Gasteiger partial charge in [0.2, 0.25) is 0 Å². The molecule has 0 aliphatic heterocycles. The highest BCUT2D eigenvalue weighted by molar-refractivity contribution is 5.87.